The summed E-state index contributed by atoms with van der Waals surface area (Å²) in [6, 6.07) is 22.1. The Balaban J connectivity index is 2.13. The lowest BCUT2D eigenvalue weighted by atomic mass is 9.87. The molecule has 0 heterocycles. The Labute approximate surface area is 160 Å². The predicted molar refractivity (Wildman–Crippen MR) is 111 cm³/mol. The summed E-state index contributed by atoms with van der Waals surface area (Å²) in [6.07, 6.45) is 5.75. The van der Waals surface area contributed by atoms with Crippen molar-refractivity contribution in [3.63, 3.8) is 0 Å². The number of hydrogen-bond donors (Lipinski definition) is 0. The zero-order valence-corrected chi connectivity index (χ0v) is 15.7. The van der Waals surface area contributed by atoms with Gasteiger partial charge in [0, 0.05) is 11.1 Å². The van der Waals surface area contributed by atoms with E-state index in [2.05, 4.69) is 25.1 Å². The second-order valence-corrected chi connectivity index (χ2v) is 6.70. The van der Waals surface area contributed by atoms with Crippen molar-refractivity contribution in [2.45, 2.75) is 32.6 Å². The van der Waals surface area contributed by atoms with Crippen LogP contribution in [0, 0.1) is 0 Å². The van der Waals surface area contributed by atoms with E-state index in [0.29, 0.717) is 11.1 Å². The maximum absolute atomic E-state index is 12.0. The zero-order valence-electron chi connectivity index (χ0n) is 15.7. The van der Waals surface area contributed by atoms with E-state index < -0.39 is 0 Å². The molecule has 0 bridgehead atoms. The molecule has 3 aromatic carbocycles. The summed E-state index contributed by atoms with van der Waals surface area (Å²) in [5.41, 5.74) is 5.89. The Bertz CT molecular complexity index is 926. The first-order valence-corrected chi connectivity index (χ1v) is 9.51. The van der Waals surface area contributed by atoms with Crippen LogP contribution in [0.4, 0.5) is 0 Å². The van der Waals surface area contributed by atoms with Crippen LogP contribution >= 0.6 is 0 Å². The predicted octanol–water partition coefficient (Wildman–Crippen LogP) is 6.38. The highest BCUT2D eigenvalue weighted by Crippen LogP contribution is 2.35. The summed E-state index contributed by atoms with van der Waals surface area (Å²) in [4.78, 5) is 23.8. The fourth-order valence-electron chi connectivity index (χ4n) is 3.55. The van der Waals surface area contributed by atoms with Gasteiger partial charge >= 0.3 is 0 Å². The van der Waals surface area contributed by atoms with Gasteiger partial charge in [-0.3, -0.25) is 9.59 Å². The molecule has 0 spiro atoms. The number of carbonyl (C=O) groups excluding carboxylic acids is 2. The molecule has 0 saturated carbocycles. The van der Waals surface area contributed by atoms with Gasteiger partial charge in [-0.15, -0.1) is 0 Å². The third-order valence-corrected chi connectivity index (χ3v) is 4.96. The van der Waals surface area contributed by atoms with E-state index in [-0.39, 0.29) is 0 Å². The number of carbonyl (C=O) groups is 2. The van der Waals surface area contributed by atoms with Crippen molar-refractivity contribution in [1.82, 2.24) is 0 Å². The van der Waals surface area contributed by atoms with E-state index in [1.165, 1.54) is 0 Å². The highest BCUT2D eigenvalue weighted by molar-refractivity contribution is 6.00. The summed E-state index contributed by atoms with van der Waals surface area (Å²) in [7, 11) is 0. The smallest absolute Gasteiger partial charge is 0.151 e. The molecule has 0 amide bonds. The second kappa shape index (κ2) is 9.09. The first kappa shape index (κ1) is 18.8. The molecule has 0 fully saturated rings. The molecule has 27 heavy (non-hydrogen) atoms. The highest BCUT2D eigenvalue weighted by Gasteiger charge is 2.16. The van der Waals surface area contributed by atoms with Gasteiger partial charge in [0.25, 0.3) is 0 Å². The van der Waals surface area contributed by atoms with Gasteiger partial charge in [-0.1, -0.05) is 86.5 Å². The zero-order chi connectivity index (χ0) is 19.1. The lowest BCUT2D eigenvalue weighted by Gasteiger charge is -2.15. The van der Waals surface area contributed by atoms with Crippen LogP contribution in [0.25, 0.3) is 22.3 Å². The molecule has 0 aliphatic carbocycles. The minimum atomic E-state index is 0.488. The third-order valence-electron chi connectivity index (χ3n) is 4.96. The van der Waals surface area contributed by atoms with Crippen molar-refractivity contribution in [3.8, 4) is 22.3 Å². The third kappa shape index (κ3) is 4.06. The van der Waals surface area contributed by atoms with Crippen molar-refractivity contribution < 1.29 is 9.59 Å². The molecule has 0 aliphatic rings. The van der Waals surface area contributed by atoms with Crippen molar-refractivity contribution in [3.05, 3.63) is 83.4 Å². The van der Waals surface area contributed by atoms with Crippen molar-refractivity contribution in [1.29, 1.82) is 0 Å². The van der Waals surface area contributed by atoms with Crippen LogP contribution in [0.2, 0.25) is 0 Å². The average molecular weight is 356 g/mol. The van der Waals surface area contributed by atoms with Crippen LogP contribution in [-0.4, -0.2) is 12.6 Å². The van der Waals surface area contributed by atoms with E-state index in [0.717, 1.165) is 66.1 Å². The van der Waals surface area contributed by atoms with E-state index in [1.54, 1.807) is 0 Å². The molecule has 136 valence electrons. The Morgan fingerprint density at radius 3 is 2.00 bits per heavy atom. The SMILES string of the molecule is CCCCCc1ccc(-c2ccccc2-c2ccccc2)c(C=O)c1C=O. The van der Waals surface area contributed by atoms with Gasteiger partial charge in [0.2, 0.25) is 0 Å². The average Bonchev–Trinajstić information content (AvgIpc) is 2.74. The summed E-state index contributed by atoms with van der Waals surface area (Å²) in [5, 5.41) is 0. The molecule has 0 atom stereocenters. The van der Waals surface area contributed by atoms with Crippen molar-refractivity contribution >= 4 is 12.6 Å². The lowest BCUT2D eigenvalue weighted by molar-refractivity contribution is 0.109. The highest BCUT2D eigenvalue weighted by atomic mass is 16.1. The van der Waals surface area contributed by atoms with Crippen LogP contribution < -0.4 is 0 Å². The molecule has 3 aromatic rings. The summed E-state index contributed by atoms with van der Waals surface area (Å²) in [6.45, 7) is 2.15. The van der Waals surface area contributed by atoms with Gasteiger partial charge in [-0.2, -0.15) is 0 Å². The number of rotatable bonds is 8. The number of benzene rings is 3. The fraction of sp³-hybridized carbons (Fsp3) is 0.200. The van der Waals surface area contributed by atoms with Crippen LogP contribution in [-0.2, 0) is 6.42 Å². The van der Waals surface area contributed by atoms with Gasteiger partial charge in [0.1, 0.15) is 0 Å². The first-order chi connectivity index (χ1) is 13.3. The standard InChI is InChI=1S/C25H24O2/c1-2-3-5-10-20-15-16-23(25(18-27)24(20)17-26)22-14-9-8-13-21(22)19-11-6-4-7-12-19/h4,6-9,11-18H,2-3,5,10H2,1H3. The van der Waals surface area contributed by atoms with Crippen LogP contribution in [0.1, 0.15) is 52.5 Å². The number of hydrogen-bond acceptors (Lipinski definition) is 2. The number of aryl methyl sites for hydroxylation is 1. The number of aldehydes is 2. The molecule has 2 heteroatoms. The molecule has 0 saturated heterocycles. The molecular formula is C25H24O2. The topological polar surface area (TPSA) is 34.1 Å². The summed E-state index contributed by atoms with van der Waals surface area (Å²) >= 11 is 0. The normalized spacial score (nSPS) is 10.6. The molecular weight excluding hydrogens is 332 g/mol. The lowest BCUT2D eigenvalue weighted by Crippen LogP contribution is -2.02. The van der Waals surface area contributed by atoms with E-state index in [1.807, 2.05) is 48.5 Å². The van der Waals surface area contributed by atoms with E-state index in [9.17, 15) is 9.59 Å². The molecule has 0 radical (unpaired) electrons. The van der Waals surface area contributed by atoms with Crippen LogP contribution in [0.3, 0.4) is 0 Å². The van der Waals surface area contributed by atoms with Gasteiger partial charge < -0.3 is 0 Å². The maximum Gasteiger partial charge on any atom is 0.151 e. The quantitative estimate of drug-likeness (QED) is 0.347. The number of unbranched alkanes of at least 4 members (excludes halogenated alkanes) is 2. The fourth-order valence-corrected chi connectivity index (χ4v) is 3.55. The Hall–Kier alpha value is -3.00. The van der Waals surface area contributed by atoms with Gasteiger partial charge in [-0.05, 0) is 40.7 Å². The Morgan fingerprint density at radius 2 is 1.33 bits per heavy atom. The first-order valence-electron chi connectivity index (χ1n) is 9.51. The van der Waals surface area contributed by atoms with E-state index in [4.69, 9.17) is 0 Å². The minimum Gasteiger partial charge on any atom is -0.298 e. The van der Waals surface area contributed by atoms with Crippen LogP contribution in [0.5, 0.6) is 0 Å². The molecule has 0 aromatic heterocycles. The largest absolute Gasteiger partial charge is 0.298 e. The second-order valence-electron chi connectivity index (χ2n) is 6.70. The monoisotopic (exact) mass is 356 g/mol. The molecule has 3 rings (SSSR count). The van der Waals surface area contributed by atoms with Gasteiger partial charge in [-0.25, -0.2) is 0 Å². The maximum atomic E-state index is 12.0. The summed E-state index contributed by atoms with van der Waals surface area (Å²) < 4.78 is 0. The Morgan fingerprint density at radius 1 is 0.667 bits per heavy atom. The van der Waals surface area contributed by atoms with E-state index >= 15 is 0 Å². The summed E-state index contributed by atoms with van der Waals surface area (Å²) in [5.74, 6) is 0. The molecule has 0 N–H and O–H groups in total. The van der Waals surface area contributed by atoms with Crippen molar-refractivity contribution in [2.75, 3.05) is 0 Å². The van der Waals surface area contributed by atoms with Gasteiger partial charge in [0.15, 0.2) is 12.6 Å². The minimum absolute atomic E-state index is 0.488. The Kier molecular flexibility index (Phi) is 6.32. The van der Waals surface area contributed by atoms with Gasteiger partial charge in [0.05, 0.1) is 0 Å². The van der Waals surface area contributed by atoms with Crippen molar-refractivity contribution in [2.24, 2.45) is 0 Å². The molecule has 0 unspecified atom stereocenters. The molecule has 2 nitrogen and oxygen atoms in total. The van der Waals surface area contributed by atoms with Crippen LogP contribution in [0.15, 0.2) is 66.7 Å². The molecule has 0 aliphatic heterocycles.